The Bertz CT molecular complexity index is 1240. The van der Waals surface area contributed by atoms with Crippen LogP contribution in [-0.4, -0.2) is 25.8 Å². The predicted molar refractivity (Wildman–Crippen MR) is 179 cm³/mol. The zero-order chi connectivity index (χ0) is 29.7. The highest BCUT2D eigenvalue weighted by Crippen LogP contribution is 2.65. The van der Waals surface area contributed by atoms with Crippen LogP contribution in [-0.2, 0) is 13.1 Å². The van der Waals surface area contributed by atoms with Crippen molar-refractivity contribution < 1.29 is 9.47 Å². The molecule has 0 amide bonds. The van der Waals surface area contributed by atoms with Gasteiger partial charge in [0.1, 0.15) is 11.5 Å². The number of methoxy groups -OCH3 is 2. The van der Waals surface area contributed by atoms with Gasteiger partial charge in [0.05, 0.1) is 14.2 Å². The lowest BCUT2D eigenvalue weighted by atomic mass is 9.53. The predicted octanol–water partition coefficient (Wildman–Crippen LogP) is 9.28. The summed E-state index contributed by atoms with van der Waals surface area (Å²) in [5.74, 6) is 5.83. The molecule has 0 aromatic heterocycles. The summed E-state index contributed by atoms with van der Waals surface area (Å²) in [6, 6.07) is 13.1. The Hall–Kier alpha value is -1.08. The average Bonchev–Trinajstić information content (AvgIpc) is 3.28. The van der Waals surface area contributed by atoms with Gasteiger partial charge in [-0.3, -0.25) is 0 Å². The summed E-state index contributed by atoms with van der Waals surface area (Å²) in [5.41, 5.74) is 3.81. The monoisotopic (exact) mass is 700 g/mol. The van der Waals surface area contributed by atoms with Crippen LogP contribution in [0.3, 0.4) is 0 Å². The van der Waals surface area contributed by atoms with Gasteiger partial charge in [-0.25, -0.2) is 0 Å². The molecule has 230 valence electrons. The topological polar surface area (TPSA) is 42.5 Å². The van der Waals surface area contributed by atoms with E-state index in [9.17, 15) is 0 Å². The summed E-state index contributed by atoms with van der Waals surface area (Å²) in [4.78, 5) is 0. The van der Waals surface area contributed by atoms with Crippen LogP contribution in [0.5, 0.6) is 11.5 Å². The van der Waals surface area contributed by atoms with Crippen molar-refractivity contribution in [3.8, 4) is 11.5 Å². The van der Waals surface area contributed by atoms with Crippen LogP contribution in [0.2, 0.25) is 0 Å². The normalized spacial score (nSPS) is 35.2. The molecule has 0 heterocycles. The van der Waals surface area contributed by atoms with E-state index < -0.39 is 0 Å². The van der Waals surface area contributed by atoms with E-state index in [0.717, 1.165) is 57.2 Å². The molecule has 2 N–H and O–H groups in total. The molecule has 6 fully saturated rings. The lowest BCUT2D eigenvalue weighted by Crippen LogP contribution is -2.58. The van der Waals surface area contributed by atoms with E-state index in [4.69, 9.17) is 9.47 Å². The van der Waals surface area contributed by atoms with Crippen molar-refractivity contribution in [2.45, 2.75) is 103 Å². The molecule has 6 heteroatoms. The number of nitrogens with one attached hydrogen (secondary N) is 2. The molecule has 6 aliphatic carbocycles. The maximum atomic E-state index is 5.51. The molecule has 42 heavy (non-hydrogen) atoms. The lowest BCUT2D eigenvalue weighted by molar-refractivity contribution is -0.0206. The molecular weight excluding hydrogens is 652 g/mol. The smallest absolute Gasteiger partial charge is 0.123 e. The van der Waals surface area contributed by atoms with Crippen molar-refractivity contribution in [1.29, 1.82) is 0 Å². The first-order valence-corrected chi connectivity index (χ1v) is 17.8. The van der Waals surface area contributed by atoms with Gasteiger partial charge in [-0.15, -0.1) is 0 Å². The van der Waals surface area contributed by atoms with E-state index in [1.165, 1.54) is 68.9 Å². The summed E-state index contributed by atoms with van der Waals surface area (Å²) in [6.45, 7) is 9.22. The fourth-order valence-corrected chi connectivity index (χ4v) is 10.9. The third kappa shape index (κ3) is 5.84. The number of ether oxygens (including phenoxy) is 2. The Labute approximate surface area is 270 Å². The highest BCUT2D eigenvalue weighted by atomic mass is 79.9. The minimum Gasteiger partial charge on any atom is -0.496 e. The van der Waals surface area contributed by atoms with E-state index in [1.54, 1.807) is 14.2 Å². The second-order valence-electron chi connectivity index (χ2n) is 15.0. The molecule has 4 nitrogen and oxygen atoms in total. The van der Waals surface area contributed by atoms with Crippen LogP contribution in [0, 0.1) is 34.5 Å². The largest absolute Gasteiger partial charge is 0.496 e. The molecule has 0 radical (unpaired) electrons. The van der Waals surface area contributed by atoms with Crippen LogP contribution in [0.25, 0.3) is 0 Å². The van der Waals surface area contributed by atoms with Crippen molar-refractivity contribution >= 4 is 31.9 Å². The number of fused-ring (bicyclic) bond motifs is 2. The maximum Gasteiger partial charge on any atom is 0.123 e. The molecule has 2 aromatic rings. The summed E-state index contributed by atoms with van der Waals surface area (Å²) < 4.78 is 13.2. The Morgan fingerprint density at radius 1 is 0.762 bits per heavy atom. The molecule has 2 aromatic carbocycles. The quantitative estimate of drug-likeness (QED) is 0.288. The van der Waals surface area contributed by atoms with Crippen LogP contribution >= 0.6 is 31.9 Å². The van der Waals surface area contributed by atoms with Crippen molar-refractivity contribution in [3.05, 3.63) is 56.5 Å². The zero-order valence-corrected chi connectivity index (χ0v) is 29.4. The minimum atomic E-state index is 0.419. The van der Waals surface area contributed by atoms with E-state index in [2.05, 4.69) is 81.5 Å². The van der Waals surface area contributed by atoms with Gasteiger partial charge in [0.25, 0.3) is 0 Å². The molecule has 0 spiro atoms. The number of hydrogen-bond donors (Lipinski definition) is 2. The van der Waals surface area contributed by atoms with Crippen molar-refractivity contribution in [2.24, 2.45) is 34.5 Å². The Balaban J connectivity index is 0.000000150. The Morgan fingerprint density at radius 2 is 1.29 bits per heavy atom. The van der Waals surface area contributed by atoms with Crippen molar-refractivity contribution in [1.82, 2.24) is 10.6 Å². The van der Waals surface area contributed by atoms with E-state index >= 15 is 0 Å². The summed E-state index contributed by atoms with van der Waals surface area (Å²) in [6.07, 6.45) is 12.8. The van der Waals surface area contributed by atoms with E-state index in [1.807, 2.05) is 18.2 Å². The van der Waals surface area contributed by atoms with Gasteiger partial charge in [-0.05, 0) is 129 Å². The fraction of sp³-hybridized carbons (Fsp3) is 0.667. The minimum absolute atomic E-state index is 0.419. The molecule has 6 saturated carbocycles. The molecule has 0 aliphatic heterocycles. The molecule has 6 aliphatic rings. The number of hydrogen-bond acceptors (Lipinski definition) is 4. The summed E-state index contributed by atoms with van der Waals surface area (Å²) in [7, 11) is 3.51. The lowest BCUT2D eigenvalue weighted by Gasteiger charge is -2.57. The van der Waals surface area contributed by atoms with Crippen LogP contribution < -0.4 is 20.1 Å². The standard InChI is InChI=1S/C18H24BrNO.C18H26BrNO/c1-21-17-3-2-16(19)7-15(17)11-20-18-8-12-4-13(9-18)6-14(5-12)10-18;1-17(2)13-7-8-18(17,3)16(10-13)20-11-12-9-14(19)5-6-15(12)21-4/h2-3,7,12-14,20H,4-6,8-11H2,1H3;5-6,9,13,16,20H,7-8,10-11H2,1-4H3/t;13-,16-,18+/m.1/s1. The number of benzene rings is 2. The van der Waals surface area contributed by atoms with Crippen molar-refractivity contribution in [2.75, 3.05) is 14.2 Å². The van der Waals surface area contributed by atoms with Gasteiger partial charge < -0.3 is 20.1 Å². The number of halogens is 2. The summed E-state index contributed by atoms with van der Waals surface area (Å²) >= 11 is 7.13. The van der Waals surface area contributed by atoms with Crippen LogP contribution in [0.15, 0.2) is 45.3 Å². The second-order valence-corrected chi connectivity index (χ2v) is 16.8. The van der Waals surface area contributed by atoms with Gasteiger partial charge in [-0.2, -0.15) is 0 Å². The van der Waals surface area contributed by atoms with Gasteiger partial charge in [0.2, 0.25) is 0 Å². The summed E-state index contributed by atoms with van der Waals surface area (Å²) in [5, 5.41) is 7.77. The van der Waals surface area contributed by atoms with Crippen molar-refractivity contribution in [3.63, 3.8) is 0 Å². The maximum absolute atomic E-state index is 5.51. The fourth-order valence-electron chi connectivity index (χ4n) is 10.1. The Kier molecular flexibility index (Phi) is 8.85. The first kappa shape index (κ1) is 30.9. The highest BCUT2D eigenvalue weighted by molar-refractivity contribution is 9.10. The first-order valence-electron chi connectivity index (χ1n) is 16.2. The first-order chi connectivity index (χ1) is 20.0. The zero-order valence-electron chi connectivity index (χ0n) is 26.2. The van der Waals surface area contributed by atoms with Gasteiger partial charge in [0.15, 0.2) is 0 Å². The second kappa shape index (κ2) is 12.0. The van der Waals surface area contributed by atoms with Gasteiger partial charge in [0, 0.05) is 44.7 Å². The third-order valence-electron chi connectivity index (χ3n) is 12.5. The highest BCUT2D eigenvalue weighted by Gasteiger charge is 2.61. The molecular formula is C36H50Br2N2O2. The van der Waals surface area contributed by atoms with Gasteiger partial charge >= 0.3 is 0 Å². The SMILES string of the molecule is COc1ccc(Br)cc1CNC12CC3CC(CC(C3)C1)C2.COc1ccc(Br)cc1CN[C@@H]1C[C@H]2CC[C@]1(C)C2(C)C. The molecule has 0 saturated heterocycles. The molecule has 8 rings (SSSR count). The van der Waals surface area contributed by atoms with Crippen LogP contribution in [0.4, 0.5) is 0 Å². The third-order valence-corrected chi connectivity index (χ3v) is 13.5. The Morgan fingerprint density at radius 3 is 1.74 bits per heavy atom. The molecule has 0 unspecified atom stereocenters. The van der Waals surface area contributed by atoms with Crippen LogP contribution in [0.1, 0.15) is 89.7 Å². The molecule has 3 atom stereocenters. The number of rotatable bonds is 8. The van der Waals surface area contributed by atoms with E-state index in [-0.39, 0.29) is 0 Å². The van der Waals surface area contributed by atoms with E-state index in [0.29, 0.717) is 22.4 Å². The van der Waals surface area contributed by atoms with Gasteiger partial charge in [-0.1, -0.05) is 52.6 Å². The average molecular weight is 703 g/mol. The molecule has 6 bridgehead atoms.